The molecule has 0 bridgehead atoms. The minimum atomic E-state index is 0.435. The largest absolute Gasteiger partial charge is 0.309 e. The van der Waals surface area contributed by atoms with Gasteiger partial charge in [-0.3, -0.25) is 0 Å². The van der Waals surface area contributed by atoms with Gasteiger partial charge in [-0.2, -0.15) is 0 Å². The first-order valence-corrected chi connectivity index (χ1v) is 5.15. The fourth-order valence-corrected chi connectivity index (χ4v) is 1.22. The van der Waals surface area contributed by atoms with Gasteiger partial charge in [0.25, 0.3) is 0 Å². The molecule has 0 aromatic carbocycles. The highest BCUT2D eigenvalue weighted by molar-refractivity contribution is 5.22. The molecular formula is C10H14N6. The van der Waals surface area contributed by atoms with Crippen LogP contribution in [0.15, 0.2) is 24.9 Å². The first-order valence-electron chi connectivity index (χ1n) is 5.15. The molecule has 0 aliphatic rings. The van der Waals surface area contributed by atoms with Crippen LogP contribution in [0, 0.1) is 0 Å². The third-order valence-corrected chi connectivity index (χ3v) is 2.04. The summed E-state index contributed by atoms with van der Waals surface area (Å²) in [5, 5.41) is 11.3. The van der Waals surface area contributed by atoms with E-state index >= 15 is 0 Å². The Hall–Kier alpha value is -1.82. The van der Waals surface area contributed by atoms with Crippen LogP contribution >= 0.6 is 0 Å². The summed E-state index contributed by atoms with van der Waals surface area (Å²) in [6, 6.07) is 0.435. The first-order chi connectivity index (χ1) is 7.75. The summed E-state index contributed by atoms with van der Waals surface area (Å²) < 4.78 is 1.66. The lowest BCUT2D eigenvalue weighted by atomic mass is 10.3. The van der Waals surface area contributed by atoms with Gasteiger partial charge in [0.1, 0.15) is 12.0 Å². The topological polar surface area (TPSA) is 68.5 Å². The molecule has 6 heteroatoms. The molecule has 0 saturated carbocycles. The smallest absolute Gasteiger partial charge is 0.115 e. The molecule has 2 aromatic rings. The number of rotatable bonds is 4. The van der Waals surface area contributed by atoms with Crippen LogP contribution in [0.5, 0.6) is 0 Å². The fraction of sp³-hybridized carbons (Fsp3) is 0.400. The quantitative estimate of drug-likeness (QED) is 0.811. The van der Waals surface area contributed by atoms with E-state index in [1.807, 2.05) is 6.20 Å². The van der Waals surface area contributed by atoms with Crippen molar-refractivity contribution in [2.75, 3.05) is 0 Å². The van der Waals surface area contributed by atoms with Crippen molar-refractivity contribution in [2.45, 2.75) is 26.4 Å². The van der Waals surface area contributed by atoms with Crippen molar-refractivity contribution in [1.82, 2.24) is 30.3 Å². The molecule has 84 valence electrons. The lowest BCUT2D eigenvalue weighted by Crippen LogP contribution is -2.21. The number of nitrogens with zero attached hydrogens (tertiary/aromatic N) is 5. The van der Waals surface area contributed by atoms with Gasteiger partial charge in [0.15, 0.2) is 0 Å². The fourth-order valence-electron chi connectivity index (χ4n) is 1.22. The molecule has 0 aliphatic carbocycles. The van der Waals surface area contributed by atoms with Crippen molar-refractivity contribution < 1.29 is 0 Å². The monoisotopic (exact) mass is 218 g/mol. The Labute approximate surface area is 93.7 Å². The Balaban J connectivity index is 2.08. The van der Waals surface area contributed by atoms with Gasteiger partial charge < -0.3 is 5.32 Å². The van der Waals surface area contributed by atoms with E-state index in [0.29, 0.717) is 12.6 Å². The summed E-state index contributed by atoms with van der Waals surface area (Å²) in [5.41, 5.74) is 1.71. The van der Waals surface area contributed by atoms with Crippen LogP contribution in [-0.2, 0) is 6.54 Å². The molecule has 16 heavy (non-hydrogen) atoms. The van der Waals surface area contributed by atoms with Crippen molar-refractivity contribution in [3.05, 3.63) is 30.6 Å². The predicted molar refractivity (Wildman–Crippen MR) is 58.9 cm³/mol. The van der Waals surface area contributed by atoms with Gasteiger partial charge in [0, 0.05) is 12.6 Å². The highest BCUT2D eigenvalue weighted by atomic mass is 15.4. The first kappa shape index (κ1) is 10.7. The van der Waals surface area contributed by atoms with Crippen molar-refractivity contribution in [3.63, 3.8) is 0 Å². The molecule has 0 radical (unpaired) electrons. The van der Waals surface area contributed by atoms with Gasteiger partial charge >= 0.3 is 0 Å². The van der Waals surface area contributed by atoms with E-state index in [1.54, 1.807) is 17.1 Å². The van der Waals surface area contributed by atoms with Crippen molar-refractivity contribution in [1.29, 1.82) is 0 Å². The predicted octanol–water partition coefficient (Wildman–Crippen LogP) is 0.555. The third kappa shape index (κ3) is 2.60. The molecular weight excluding hydrogens is 204 g/mol. The normalized spacial score (nSPS) is 10.9. The Kier molecular flexibility index (Phi) is 3.21. The van der Waals surface area contributed by atoms with E-state index < -0.39 is 0 Å². The second kappa shape index (κ2) is 4.80. The second-order valence-electron chi connectivity index (χ2n) is 3.79. The third-order valence-electron chi connectivity index (χ3n) is 2.04. The van der Waals surface area contributed by atoms with Crippen molar-refractivity contribution in [2.24, 2.45) is 0 Å². The van der Waals surface area contributed by atoms with E-state index in [-0.39, 0.29) is 0 Å². The lowest BCUT2D eigenvalue weighted by molar-refractivity contribution is 0.580. The van der Waals surface area contributed by atoms with Gasteiger partial charge in [-0.1, -0.05) is 19.1 Å². The van der Waals surface area contributed by atoms with E-state index in [1.165, 1.54) is 6.33 Å². The molecule has 0 amide bonds. The van der Waals surface area contributed by atoms with Crippen LogP contribution in [-0.4, -0.2) is 31.0 Å². The van der Waals surface area contributed by atoms with Crippen LogP contribution in [0.2, 0.25) is 0 Å². The van der Waals surface area contributed by atoms with Crippen LogP contribution in [0.1, 0.15) is 19.5 Å². The van der Waals surface area contributed by atoms with E-state index in [9.17, 15) is 0 Å². The zero-order valence-electron chi connectivity index (χ0n) is 9.33. The molecule has 0 saturated heterocycles. The summed E-state index contributed by atoms with van der Waals surface area (Å²) in [6.45, 7) is 4.90. The van der Waals surface area contributed by atoms with Gasteiger partial charge in [-0.25, -0.2) is 14.6 Å². The van der Waals surface area contributed by atoms with E-state index in [0.717, 1.165) is 11.4 Å². The zero-order valence-corrected chi connectivity index (χ0v) is 9.33. The lowest BCUT2D eigenvalue weighted by Gasteiger charge is -2.04. The maximum absolute atomic E-state index is 4.06. The van der Waals surface area contributed by atoms with Crippen LogP contribution in [0.25, 0.3) is 5.69 Å². The molecule has 0 fully saturated rings. The zero-order chi connectivity index (χ0) is 11.4. The summed E-state index contributed by atoms with van der Waals surface area (Å²) in [6.07, 6.45) is 6.75. The highest BCUT2D eigenvalue weighted by Crippen LogP contribution is 2.02. The summed E-state index contributed by atoms with van der Waals surface area (Å²) in [7, 11) is 0. The minimum absolute atomic E-state index is 0.435. The average molecular weight is 218 g/mol. The van der Waals surface area contributed by atoms with Gasteiger partial charge in [-0.15, -0.1) is 5.10 Å². The van der Waals surface area contributed by atoms with Gasteiger partial charge in [-0.05, 0) is 0 Å². The summed E-state index contributed by atoms with van der Waals surface area (Å²) >= 11 is 0. The van der Waals surface area contributed by atoms with Crippen LogP contribution in [0.4, 0.5) is 0 Å². The number of hydrogen-bond acceptors (Lipinski definition) is 5. The molecule has 0 unspecified atom stereocenters. The molecule has 0 aliphatic heterocycles. The van der Waals surface area contributed by atoms with Crippen LogP contribution in [0.3, 0.4) is 0 Å². The molecule has 1 N–H and O–H groups in total. The van der Waals surface area contributed by atoms with Gasteiger partial charge in [0.05, 0.1) is 24.3 Å². The molecule has 2 aromatic heterocycles. The standard InChI is InChI=1S/C10H14N6/c1-8(2)13-3-9-6-16(15-14-9)10-4-11-7-12-5-10/h4-8,13H,3H2,1-2H3. The van der Waals surface area contributed by atoms with Crippen molar-refractivity contribution in [3.8, 4) is 5.69 Å². The maximum Gasteiger partial charge on any atom is 0.115 e. The van der Waals surface area contributed by atoms with E-state index in [2.05, 4.69) is 39.4 Å². The summed E-state index contributed by atoms with van der Waals surface area (Å²) in [5.74, 6) is 0. The highest BCUT2D eigenvalue weighted by Gasteiger charge is 2.03. The van der Waals surface area contributed by atoms with E-state index in [4.69, 9.17) is 0 Å². The number of aromatic nitrogens is 5. The van der Waals surface area contributed by atoms with Crippen LogP contribution < -0.4 is 5.32 Å². The Morgan fingerprint density at radius 2 is 2.06 bits per heavy atom. The maximum atomic E-state index is 4.06. The Morgan fingerprint density at radius 3 is 2.75 bits per heavy atom. The van der Waals surface area contributed by atoms with Crippen molar-refractivity contribution >= 4 is 0 Å². The minimum Gasteiger partial charge on any atom is -0.309 e. The molecule has 0 atom stereocenters. The van der Waals surface area contributed by atoms with Gasteiger partial charge in [0.2, 0.25) is 0 Å². The molecule has 2 heterocycles. The molecule has 2 rings (SSSR count). The SMILES string of the molecule is CC(C)NCc1cn(-c2cncnc2)nn1. The average Bonchev–Trinajstić information content (AvgIpc) is 2.76. The molecule has 0 spiro atoms. The number of hydrogen-bond donors (Lipinski definition) is 1. The molecule has 6 nitrogen and oxygen atoms in total. The second-order valence-corrected chi connectivity index (χ2v) is 3.79. The number of nitrogens with one attached hydrogen (secondary N) is 1. The summed E-state index contributed by atoms with van der Waals surface area (Å²) in [4.78, 5) is 7.86. The Morgan fingerprint density at radius 1 is 1.31 bits per heavy atom. The Bertz CT molecular complexity index is 436.